The summed E-state index contributed by atoms with van der Waals surface area (Å²) in [7, 11) is 0. The molecule has 0 saturated heterocycles. The molecule has 2 aromatic heterocycles. The van der Waals surface area contributed by atoms with Gasteiger partial charge in [-0.15, -0.1) is 0 Å². The Hall–Kier alpha value is -3.06. The van der Waals surface area contributed by atoms with E-state index < -0.39 is 11.7 Å². The molecule has 3 rings (SSSR count). The zero-order valence-corrected chi connectivity index (χ0v) is 12.8. The number of amides is 1. The second-order valence-electron chi connectivity index (χ2n) is 5.16. The SMILES string of the molecule is Cc1ncc(CO)c2cc(C(N)=O)c(=Nc3ccccc3F)oc12. The van der Waals surface area contributed by atoms with E-state index in [1.54, 1.807) is 13.0 Å². The molecular formula is C17H14FN3O3. The highest BCUT2D eigenvalue weighted by molar-refractivity contribution is 5.96. The Bertz CT molecular complexity index is 1010. The van der Waals surface area contributed by atoms with E-state index in [4.69, 9.17) is 10.2 Å². The molecule has 0 aliphatic carbocycles. The van der Waals surface area contributed by atoms with Gasteiger partial charge in [0.2, 0.25) is 5.55 Å². The second-order valence-corrected chi connectivity index (χ2v) is 5.16. The zero-order chi connectivity index (χ0) is 17.3. The number of halogens is 1. The fourth-order valence-corrected chi connectivity index (χ4v) is 2.33. The van der Waals surface area contributed by atoms with Crippen LogP contribution in [0.5, 0.6) is 0 Å². The first-order valence-corrected chi connectivity index (χ1v) is 7.13. The zero-order valence-electron chi connectivity index (χ0n) is 12.8. The molecular weight excluding hydrogens is 313 g/mol. The summed E-state index contributed by atoms with van der Waals surface area (Å²) in [6.07, 6.45) is 1.49. The highest BCUT2D eigenvalue weighted by Crippen LogP contribution is 2.21. The van der Waals surface area contributed by atoms with Gasteiger partial charge in [0.25, 0.3) is 5.91 Å². The van der Waals surface area contributed by atoms with E-state index in [9.17, 15) is 14.3 Å². The molecule has 3 aromatic rings. The van der Waals surface area contributed by atoms with Gasteiger partial charge in [0.15, 0.2) is 5.58 Å². The standard InChI is InChI=1S/C17H14FN3O3/c1-9-15-11(10(8-22)7-20-9)6-12(16(19)23)17(24-15)21-14-5-3-2-4-13(14)18/h2-7,22H,8H2,1H3,(H2,19,23). The van der Waals surface area contributed by atoms with E-state index in [1.807, 2.05) is 0 Å². The van der Waals surface area contributed by atoms with Crippen LogP contribution in [0.1, 0.15) is 21.6 Å². The van der Waals surface area contributed by atoms with Crippen molar-refractivity contribution in [3.8, 4) is 0 Å². The van der Waals surface area contributed by atoms with Gasteiger partial charge < -0.3 is 15.3 Å². The van der Waals surface area contributed by atoms with Crippen molar-refractivity contribution in [3.63, 3.8) is 0 Å². The number of nitrogens with two attached hydrogens (primary N) is 1. The Morgan fingerprint density at radius 2 is 2.17 bits per heavy atom. The smallest absolute Gasteiger partial charge is 0.254 e. The monoisotopic (exact) mass is 327 g/mol. The van der Waals surface area contributed by atoms with Crippen LogP contribution in [-0.4, -0.2) is 16.0 Å². The largest absolute Gasteiger partial charge is 0.436 e. The molecule has 0 bridgehead atoms. The number of fused-ring (bicyclic) bond motifs is 1. The average molecular weight is 327 g/mol. The Morgan fingerprint density at radius 1 is 1.42 bits per heavy atom. The van der Waals surface area contributed by atoms with E-state index in [2.05, 4.69) is 9.98 Å². The van der Waals surface area contributed by atoms with Crippen LogP contribution in [0.15, 0.2) is 45.9 Å². The Kier molecular flexibility index (Phi) is 4.09. The normalized spacial score (nSPS) is 11.9. The van der Waals surface area contributed by atoms with Crippen LogP contribution in [0.4, 0.5) is 10.1 Å². The third-order valence-electron chi connectivity index (χ3n) is 3.56. The molecule has 0 spiro atoms. The van der Waals surface area contributed by atoms with Crippen LogP contribution in [0, 0.1) is 12.7 Å². The number of aryl methyl sites for hydroxylation is 1. The van der Waals surface area contributed by atoms with Gasteiger partial charge in [0, 0.05) is 17.1 Å². The van der Waals surface area contributed by atoms with Crippen molar-refractivity contribution < 1.29 is 18.7 Å². The molecule has 0 unspecified atom stereocenters. The first-order valence-electron chi connectivity index (χ1n) is 7.13. The van der Waals surface area contributed by atoms with Crippen molar-refractivity contribution in [3.05, 3.63) is 64.7 Å². The van der Waals surface area contributed by atoms with Crippen molar-refractivity contribution >= 4 is 22.6 Å². The minimum Gasteiger partial charge on any atom is -0.436 e. The number of pyridine rings is 1. The summed E-state index contributed by atoms with van der Waals surface area (Å²) in [6, 6.07) is 7.32. The average Bonchev–Trinajstić information content (AvgIpc) is 2.57. The molecule has 0 atom stereocenters. The van der Waals surface area contributed by atoms with Crippen molar-refractivity contribution in [2.75, 3.05) is 0 Å². The van der Waals surface area contributed by atoms with Gasteiger partial charge >= 0.3 is 0 Å². The molecule has 0 aliphatic rings. The third kappa shape index (κ3) is 2.77. The third-order valence-corrected chi connectivity index (χ3v) is 3.56. The number of primary amides is 1. The van der Waals surface area contributed by atoms with Gasteiger partial charge in [0.05, 0.1) is 12.3 Å². The molecule has 6 nitrogen and oxygen atoms in total. The Morgan fingerprint density at radius 3 is 2.83 bits per heavy atom. The number of hydrogen-bond donors (Lipinski definition) is 2. The Labute approximate surface area is 136 Å². The lowest BCUT2D eigenvalue weighted by Gasteiger charge is -2.07. The molecule has 2 heterocycles. The maximum atomic E-state index is 13.8. The molecule has 0 aliphatic heterocycles. The summed E-state index contributed by atoms with van der Waals surface area (Å²) in [6.45, 7) is 1.44. The molecule has 7 heteroatoms. The van der Waals surface area contributed by atoms with Gasteiger partial charge in [0.1, 0.15) is 17.1 Å². The maximum absolute atomic E-state index is 13.8. The van der Waals surface area contributed by atoms with Gasteiger partial charge in [-0.25, -0.2) is 9.38 Å². The summed E-state index contributed by atoms with van der Waals surface area (Å²) in [4.78, 5) is 20.0. The molecule has 1 amide bonds. The first kappa shape index (κ1) is 15.8. The number of aromatic nitrogens is 1. The number of aliphatic hydroxyl groups is 1. The molecule has 1 aromatic carbocycles. The number of nitrogens with zero attached hydrogens (tertiary/aromatic N) is 2. The molecule has 0 saturated carbocycles. The molecule has 122 valence electrons. The number of rotatable bonds is 3. The predicted molar refractivity (Wildman–Crippen MR) is 84.8 cm³/mol. The summed E-state index contributed by atoms with van der Waals surface area (Å²) >= 11 is 0. The topological polar surface area (TPSA) is 102 Å². The maximum Gasteiger partial charge on any atom is 0.254 e. The summed E-state index contributed by atoms with van der Waals surface area (Å²) < 4.78 is 19.5. The van der Waals surface area contributed by atoms with Crippen LogP contribution in [-0.2, 0) is 6.61 Å². The lowest BCUT2D eigenvalue weighted by atomic mass is 10.1. The second kappa shape index (κ2) is 6.21. The predicted octanol–water partition coefficient (Wildman–Crippen LogP) is 2.10. The van der Waals surface area contributed by atoms with Crippen molar-refractivity contribution in [1.82, 2.24) is 4.98 Å². The van der Waals surface area contributed by atoms with Crippen LogP contribution < -0.4 is 11.3 Å². The quantitative estimate of drug-likeness (QED) is 0.769. The molecule has 3 N–H and O–H groups in total. The lowest BCUT2D eigenvalue weighted by molar-refractivity contribution is 0.0996. The number of carbonyl (C=O) groups excluding carboxylic acids is 1. The first-order chi connectivity index (χ1) is 11.5. The van der Waals surface area contributed by atoms with E-state index in [0.29, 0.717) is 22.2 Å². The van der Waals surface area contributed by atoms with Crippen LogP contribution in [0.25, 0.3) is 11.0 Å². The van der Waals surface area contributed by atoms with Crippen molar-refractivity contribution in [2.24, 2.45) is 10.7 Å². The highest BCUT2D eigenvalue weighted by Gasteiger charge is 2.14. The van der Waals surface area contributed by atoms with Crippen LogP contribution in [0.3, 0.4) is 0 Å². The molecule has 0 radical (unpaired) electrons. The molecule has 24 heavy (non-hydrogen) atoms. The van der Waals surface area contributed by atoms with Gasteiger partial charge in [-0.1, -0.05) is 12.1 Å². The highest BCUT2D eigenvalue weighted by atomic mass is 19.1. The van der Waals surface area contributed by atoms with Gasteiger partial charge in [-0.2, -0.15) is 0 Å². The van der Waals surface area contributed by atoms with Gasteiger partial charge in [-0.05, 0) is 25.1 Å². The number of carbonyl (C=O) groups is 1. The number of hydrogen-bond acceptors (Lipinski definition) is 5. The van der Waals surface area contributed by atoms with Crippen molar-refractivity contribution in [1.29, 1.82) is 0 Å². The van der Waals surface area contributed by atoms with Crippen molar-refractivity contribution in [2.45, 2.75) is 13.5 Å². The number of benzene rings is 1. The summed E-state index contributed by atoms with van der Waals surface area (Å²) in [5.41, 5.74) is 6.68. The van der Waals surface area contributed by atoms with E-state index in [-0.39, 0.29) is 23.4 Å². The fourth-order valence-electron chi connectivity index (χ4n) is 2.33. The summed E-state index contributed by atoms with van der Waals surface area (Å²) in [5.74, 6) is -1.32. The Balaban J connectivity index is 2.39. The number of para-hydroxylation sites is 1. The summed E-state index contributed by atoms with van der Waals surface area (Å²) in [5, 5.41) is 9.93. The number of aliphatic hydroxyl groups excluding tert-OH is 1. The van der Waals surface area contributed by atoms with E-state index in [1.165, 1.54) is 30.5 Å². The fraction of sp³-hybridized carbons (Fsp3) is 0.118. The minimum atomic E-state index is -0.769. The lowest BCUT2D eigenvalue weighted by Crippen LogP contribution is -2.22. The van der Waals surface area contributed by atoms with Gasteiger partial charge in [-0.3, -0.25) is 9.78 Å². The van der Waals surface area contributed by atoms with Crippen LogP contribution >= 0.6 is 0 Å². The molecule has 0 fully saturated rings. The van der Waals surface area contributed by atoms with E-state index >= 15 is 0 Å². The van der Waals surface area contributed by atoms with Crippen LogP contribution in [0.2, 0.25) is 0 Å². The minimum absolute atomic E-state index is 0.00828. The van der Waals surface area contributed by atoms with E-state index in [0.717, 1.165) is 0 Å².